The second-order valence-corrected chi connectivity index (χ2v) is 6.96. The summed E-state index contributed by atoms with van der Waals surface area (Å²) in [6, 6.07) is 3.56. The Morgan fingerprint density at radius 1 is 1.04 bits per heavy atom. The third kappa shape index (κ3) is 4.34. The van der Waals surface area contributed by atoms with E-state index in [-0.39, 0.29) is 11.8 Å². The number of amides is 2. The molecule has 1 saturated heterocycles. The Morgan fingerprint density at radius 2 is 1.75 bits per heavy atom. The van der Waals surface area contributed by atoms with E-state index in [1.54, 1.807) is 24.5 Å². The van der Waals surface area contributed by atoms with Gasteiger partial charge in [-0.3, -0.25) is 14.6 Å². The molecule has 2 amide bonds. The highest BCUT2D eigenvalue weighted by atomic mass is 16.2. The van der Waals surface area contributed by atoms with Crippen LogP contribution in [0, 0.1) is 5.92 Å². The lowest BCUT2D eigenvalue weighted by Gasteiger charge is -2.35. The molecule has 0 radical (unpaired) electrons. The van der Waals surface area contributed by atoms with Crippen LogP contribution in [0.25, 0.3) is 0 Å². The molecule has 0 aromatic carbocycles. The van der Waals surface area contributed by atoms with Gasteiger partial charge in [-0.2, -0.15) is 0 Å². The number of carbonyl (C=O) groups excluding carboxylic acids is 2. The fourth-order valence-electron chi connectivity index (χ4n) is 3.79. The average Bonchev–Trinajstić information content (AvgIpc) is 2.67. The lowest BCUT2D eigenvalue weighted by molar-refractivity contribution is -0.133. The first-order valence-electron chi connectivity index (χ1n) is 9.21. The molecule has 1 saturated carbocycles. The van der Waals surface area contributed by atoms with Gasteiger partial charge in [0.2, 0.25) is 5.91 Å². The number of hydrogen-bond acceptors (Lipinski definition) is 3. The highest BCUT2D eigenvalue weighted by Crippen LogP contribution is 2.27. The molecule has 0 N–H and O–H groups in total. The Bertz CT molecular complexity index is 547. The normalized spacial score (nSPS) is 19.3. The van der Waals surface area contributed by atoms with Gasteiger partial charge in [-0.15, -0.1) is 0 Å². The molecule has 1 aromatic heterocycles. The number of aromatic nitrogens is 1. The van der Waals surface area contributed by atoms with Crippen LogP contribution in [0.2, 0.25) is 0 Å². The monoisotopic (exact) mass is 329 g/mol. The first kappa shape index (κ1) is 16.9. The maximum absolute atomic E-state index is 12.4. The molecular formula is C19H27N3O2. The van der Waals surface area contributed by atoms with E-state index >= 15 is 0 Å². The third-order valence-electron chi connectivity index (χ3n) is 5.32. The van der Waals surface area contributed by atoms with Crippen LogP contribution in [0.1, 0.15) is 55.3 Å². The van der Waals surface area contributed by atoms with Gasteiger partial charge in [0, 0.05) is 45.0 Å². The van der Waals surface area contributed by atoms with Gasteiger partial charge in [-0.1, -0.05) is 32.1 Å². The summed E-state index contributed by atoms with van der Waals surface area (Å²) in [5.41, 5.74) is 0.620. The lowest BCUT2D eigenvalue weighted by atomic mass is 9.86. The topological polar surface area (TPSA) is 53.5 Å². The highest BCUT2D eigenvalue weighted by Gasteiger charge is 2.25. The zero-order valence-electron chi connectivity index (χ0n) is 14.3. The molecule has 24 heavy (non-hydrogen) atoms. The molecule has 2 aliphatic rings. The summed E-state index contributed by atoms with van der Waals surface area (Å²) in [6.45, 7) is 2.52. The van der Waals surface area contributed by atoms with Crippen molar-refractivity contribution in [1.29, 1.82) is 0 Å². The predicted molar refractivity (Wildman–Crippen MR) is 92.5 cm³/mol. The van der Waals surface area contributed by atoms with Crippen molar-refractivity contribution in [2.24, 2.45) is 5.92 Å². The van der Waals surface area contributed by atoms with Crippen LogP contribution in [0.3, 0.4) is 0 Å². The molecule has 0 unspecified atom stereocenters. The SMILES string of the molecule is O=C(CCC1CCCCC1)N1CCN(C(=O)c2cccnc2)CC1. The van der Waals surface area contributed by atoms with Crippen molar-refractivity contribution in [2.75, 3.05) is 26.2 Å². The molecule has 2 heterocycles. The van der Waals surface area contributed by atoms with Gasteiger partial charge in [-0.05, 0) is 24.5 Å². The van der Waals surface area contributed by atoms with E-state index in [9.17, 15) is 9.59 Å². The first-order chi connectivity index (χ1) is 11.7. The molecule has 5 heteroatoms. The fraction of sp³-hybridized carbons (Fsp3) is 0.632. The maximum atomic E-state index is 12.4. The Morgan fingerprint density at radius 3 is 2.42 bits per heavy atom. The van der Waals surface area contributed by atoms with E-state index in [0.717, 1.165) is 12.3 Å². The summed E-state index contributed by atoms with van der Waals surface area (Å²) in [7, 11) is 0. The summed E-state index contributed by atoms with van der Waals surface area (Å²) in [5, 5.41) is 0. The second kappa shape index (κ2) is 8.27. The predicted octanol–water partition coefficient (Wildman–Crippen LogP) is 2.73. The van der Waals surface area contributed by atoms with Crippen molar-refractivity contribution in [1.82, 2.24) is 14.8 Å². The van der Waals surface area contributed by atoms with Crippen molar-refractivity contribution in [3.8, 4) is 0 Å². The van der Waals surface area contributed by atoms with Crippen LogP contribution in [-0.4, -0.2) is 52.8 Å². The third-order valence-corrected chi connectivity index (χ3v) is 5.32. The minimum atomic E-state index is 0.0115. The number of hydrogen-bond donors (Lipinski definition) is 0. The van der Waals surface area contributed by atoms with Crippen molar-refractivity contribution < 1.29 is 9.59 Å². The Balaban J connectivity index is 1.42. The molecule has 130 valence electrons. The summed E-state index contributed by atoms with van der Waals surface area (Å²) >= 11 is 0. The number of piperazine rings is 1. The minimum Gasteiger partial charge on any atom is -0.339 e. The van der Waals surface area contributed by atoms with E-state index in [2.05, 4.69) is 4.98 Å². The van der Waals surface area contributed by atoms with Crippen LogP contribution in [0.5, 0.6) is 0 Å². The molecule has 0 spiro atoms. The first-order valence-corrected chi connectivity index (χ1v) is 9.21. The van der Waals surface area contributed by atoms with E-state index < -0.39 is 0 Å². The molecule has 0 bridgehead atoms. The van der Waals surface area contributed by atoms with Gasteiger partial charge in [0.15, 0.2) is 0 Å². The lowest BCUT2D eigenvalue weighted by Crippen LogP contribution is -2.50. The van der Waals surface area contributed by atoms with Gasteiger partial charge >= 0.3 is 0 Å². The Kier molecular flexibility index (Phi) is 5.83. The summed E-state index contributed by atoms with van der Waals surface area (Å²) in [4.78, 5) is 32.5. The molecule has 0 atom stereocenters. The summed E-state index contributed by atoms with van der Waals surface area (Å²) in [6.07, 6.45) is 11.6. The molecule has 1 aliphatic heterocycles. The summed E-state index contributed by atoms with van der Waals surface area (Å²) in [5.74, 6) is 1.02. The van der Waals surface area contributed by atoms with E-state index in [1.165, 1.54) is 32.1 Å². The zero-order valence-corrected chi connectivity index (χ0v) is 14.3. The highest BCUT2D eigenvalue weighted by molar-refractivity contribution is 5.94. The smallest absolute Gasteiger partial charge is 0.255 e. The van der Waals surface area contributed by atoms with Crippen molar-refractivity contribution in [3.63, 3.8) is 0 Å². The molecule has 3 rings (SSSR count). The number of pyridine rings is 1. The van der Waals surface area contributed by atoms with Gasteiger partial charge in [-0.25, -0.2) is 0 Å². The van der Waals surface area contributed by atoms with E-state index in [4.69, 9.17) is 0 Å². The molecule has 1 aromatic rings. The van der Waals surface area contributed by atoms with Crippen LogP contribution in [0.4, 0.5) is 0 Å². The second-order valence-electron chi connectivity index (χ2n) is 6.96. The number of carbonyl (C=O) groups is 2. The van der Waals surface area contributed by atoms with Crippen LogP contribution in [0.15, 0.2) is 24.5 Å². The van der Waals surface area contributed by atoms with Gasteiger partial charge in [0.05, 0.1) is 5.56 Å². The van der Waals surface area contributed by atoms with Crippen molar-refractivity contribution in [2.45, 2.75) is 44.9 Å². The van der Waals surface area contributed by atoms with Crippen LogP contribution >= 0.6 is 0 Å². The zero-order chi connectivity index (χ0) is 16.8. The quantitative estimate of drug-likeness (QED) is 0.853. The van der Waals surface area contributed by atoms with Crippen LogP contribution < -0.4 is 0 Å². The van der Waals surface area contributed by atoms with Crippen molar-refractivity contribution >= 4 is 11.8 Å². The Hall–Kier alpha value is -1.91. The Labute approximate surface area is 144 Å². The average molecular weight is 329 g/mol. The van der Waals surface area contributed by atoms with Gasteiger partial charge in [0.1, 0.15) is 0 Å². The van der Waals surface area contributed by atoms with Crippen LogP contribution in [-0.2, 0) is 4.79 Å². The van der Waals surface area contributed by atoms with E-state index in [0.29, 0.717) is 38.2 Å². The van der Waals surface area contributed by atoms with E-state index in [1.807, 2.05) is 9.80 Å². The minimum absolute atomic E-state index is 0.0115. The molecule has 1 aliphatic carbocycles. The van der Waals surface area contributed by atoms with Gasteiger partial charge < -0.3 is 9.80 Å². The molecule has 2 fully saturated rings. The molecule has 5 nitrogen and oxygen atoms in total. The van der Waals surface area contributed by atoms with Crippen molar-refractivity contribution in [3.05, 3.63) is 30.1 Å². The number of nitrogens with zero attached hydrogens (tertiary/aromatic N) is 3. The largest absolute Gasteiger partial charge is 0.339 e. The summed E-state index contributed by atoms with van der Waals surface area (Å²) < 4.78 is 0. The standard InChI is InChI=1S/C19H27N3O2/c23-18(9-8-16-5-2-1-3-6-16)21-11-13-22(14-12-21)19(24)17-7-4-10-20-15-17/h4,7,10,15-16H,1-3,5-6,8-9,11-14H2. The fourth-order valence-corrected chi connectivity index (χ4v) is 3.79. The van der Waals surface area contributed by atoms with Gasteiger partial charge in [0.25, 0.3) is 5.91 Å². The number of rotatable bonds is 4. The maximum Gasteiger partial charge on any atom is 0.255 e. The molecular weight excluding hydrogens is 302 g/mol.